The number of fused-ring (bicyclic) bond motifs is 2. The molecule has 0 radical (unpaired) electrons. The number of nitrogens with zero attached hydrogens (tertiary/aromatic N) is 6. The van der Waals surface area contributed by atoms with Gasteiger partial charge in [0.2, 0.25) is 0 Å². The predicted octanol–water partition coefficient (Wildman–Crippen LogP) is 4.28. The third-order valence-corrected chi connectivity index (χ3v) is 5.36. The van der Waals surface area contributed by atoms with Crippen molar-refractivity contribution in [3.63, 3.8) is 0 Å². The van der Waals surface area contributed by atoms with E-state index in [0.29, 0.717) is 11.5 Å². The van der Waals surface area contributed by atoms with Crippen LogP contribution in [0.4, 0.5) is 5.69 Å². The maximum atomic E-state index is 5.22. The number of pyridine rings is 3. The van der Waals surface area contributed by atoms with Gasteiger partial charge in [0, 0.05) is 37.6 Å². The lowest BCUT2D eigenvalue weighted by Crippen LogP contribution is -2.08. The van der Waals surface area contributed by atoms with Gasteiger partial charge in [-0.15, -0.1) is 0 Å². The molecule has 0 bridgehead atoms. The molecule has 0 aliphatic heterocycles. The van der Waals surface area contributed by atoms with Crippen LogP contribution < -0.4 is 4.90 Å². The van der Waals surface area contributed by atoms with Gasteiger partial charge in [-0.25, -0.2) is 9.97 Å². The summed E-state index contributed by atoms with van der Waals surface area (Å²) in [6.45, 7) is 0. The highest BCUT2D eigenvalue weighted by molar-refractivity contribution is 5.94. The van der Waals surface area contributed by atoms with Crippen LogP contribution in [0.2, 0.25) is 0 Å². The molecular weight excluding hydrogens is 404 g/mol. The first-order valence-electron chi connectivity index (χ1n) is 10.0. The standard InChI is InChI=1S/C23H18N8O/c1-31(2)15-9-14(10-24-11-15)16-3-4-18-21(26-16)22(30-29-18)23-27-17-5-7-25-19(20(17)28-23)13-6-8-32-12-13/h3-12H,1-2H3,(H,27,28)(H,29,30). The van der Waals surface area contributed by atoms with Crippen LogP contribution in [0.5, 0.6) is 0 Å². The topological polar surface area (TPSA) is 112 Å². The molecular formula is C23H18N8O. The second kappa shape index (κ2) is 7.02. The van der Waals surface area contributed by atoms with E-state index in [2.05, 4.69) is 31.2 Å². The van der Waals surface area contributed by atoms with Gasteiger partial charge in [-0.3, -0.25) is 15.1 Å². The van der Waals surface area contributed by atoms with E-state index in [1.165, 1.54) is 0 Å². The molecule has 0 atom stereocenters. The molecule has 32 heavy (non-hydrogen) atoms. The molecule has 9 heteroatoms. The van der Waals surface area contributed by atoms with E-state index < -0.39 is 0 Å². The minimum absolute atomic E-state index is 0.619. The quantitative estimate of drug-likeness (QED) is 0.436. The van der Waals surface area contributed by atoms with Gasteiger partial charge in [0.15, 0.2) is 11.5 Å². The van der Waals surface area contributed by atoms with Crippen molar-refractivity contribution in [1.82, 2.24) is 35.1 Å². The average Bonchev–Trinajstić information content (AvgIpc) is 3.57. The van der Waals surface area contributed by atoms with Crippen LogP contribution in [0.25, 0.3) is 56.1 Å². The Kier molecular flexibility index (Phi) is 4.00. The predicted molar refractivity (Wildman–Crippen MR) is 122 cm³/mol. The fourth-order valence-corrected chi connectivity index (χ4v) is 3.70. The highest BCUT2D eigenvalue weighted by Crippen LogP contribution is 2.31. The van der Waals surface area contributed by atoms with Crippen LogP contribution in [0.1, 0.15) is 0 Å². The Labute approximate surface area is 182 Å². The Morgan fingerprint density at radius 2 is 1.81 bits per heavy atom. The molecule has 156 valence electrons. The van der Waals surface area contributed by atoms with Crippen LogP contribution >= 0.6 is 0 Å². The van der Waals surface area contributed by atoms with Gasteiger partial charge in [0.25, 0.3) is 0 Å². The summed E-state index contributed by atoms with van der Waals surface area (Å²) in [6.07, 6.45) is 8.66. The molecule has 2 N–H and O–H groups in total. The largest absolute Gasteiger partial charge is 0.472 e. The molecule has 0 aromatic carbocycles. The number of aromatic nitrogens is 7. The van der Waals surface area contributed by atoms with Gasteiger partial charge < -0.3 is 14.3 Å². The minimum atomic E-state index is 0.619. The Bertz CT molecular complexity index is 1560. The molecule has 0 aliphatic carbocycles. The molecule has 0 saturated heterocycles. The van der Waals surface area contributed by atoms with Crippen molar-refractivity contribution >= 4 is 27.8 Å². The zero-order valence-electron chi connectivity index (χ0n) is 17.4. The first-order chi connectivity index (χ1) is 15.7. The lowest BCUT2D eigenvalue weighted by Gasteiger charge is -2.12. The van der Waals surface area contributed by atoms with E-state index in [-0.39, 0.29) is 0 Å². The Morgan fingerprint density at radius 3 is 2.66 bits per heavy atom. The van der Waals surface area contributed by atoms with E-state index in [1.807, 2.05) is 55.7 Å². The van der Waals surface area contributed by atoms with Gasteiger partial charge in [0.1, 0.15) is 16.7 Å². The number of imidazole rings is 1. The highest BCUT2D eigenvalue weighted by atomic mass is 16.3. The van der Waals surface area contributed by atoms with Gasteiger partial charge in [0.05, 0.1) is 41.1 Å². The van der Waals surface area contributed by atoms with Crippen molar-refractivity contribution in [1.29, 1.82) is 0 Å². The molecule has 0 amide bonds. The van der Waals surface area contributed by atoms with Crippen LogP contribution in [-0.2, 0) is 0 Å². The summed E-state index contributed by atoms with van der Waals surface area (Å²) in [5.74, 6) is 0.619. The van der Waals surface area contributed by atoms with E-state index in [0.717, 1.165) is 50.3 Å². The molecule has 0 saturated carbocycles. The van der Waals surface area contributed by atoms with E-state index in [4.69, 9.17) is 14.4 Å². The molecule has 6 aromatic heterocycles. The number of aromatic amines is 2. The van der Waals surface area contributed by atoms with Gasteiger partial charge in [-0.2, -0.15) is 5.10 Å². The number of H-pyrrole nitrogens is 2. The summed E-state index contributed by atoms with van der Waals surface area (Å²) in [5, 5.41) is 7.54. The fraction of sp³-hybridized carbons (Fsp3) is 0.0870. The first-order valence-corrected chi connectivity index (χ1v) is 10.0. The Balaban J connectivity index is 1.49. The zero-order chi connectivity index (χ0) is 21.7. The number of anilines is 1. The first kappa shape index (κ1) is 18.3. The zero-order valence-corrected chi connectivity index (χ0v) is 17.4. The van der Waals surface area contributed by atoms with Gasteiger partial charge in [-0.1, -0.05) is 0 Å². The number of nitrogens with one attached hydrogen (secondary N) is 2. The third-order valence-electron chi connectivity index (χ3n) is 5.36. The molecule has 0 spiro atoms. The molecule has 0 unspecified atom stereocenters. The molecule has 9 nitrogen and oxygen atoms in total. The summed E-state index contributed by atoms with van der Waals surface area (Å²) in [7, 11) is 3.97. The maximum Gasteiger partial charge on any atom is 0.161 e. The van der Waals surface area contributed by atoms with Crippen molar-refractivity contribution in [2.45, 2.75) is 0 Å². The molecule has 0 fully saturated rings. The molecule has 6 aromatic rings. The minimum Gasteiger partial charge on any atom is -0.472 e. The van der Waals surface area contributed by atoms with E-state index >= 15 is 0 Å². The molecule has 0 aliphatic rings. The normalized spacial score (nSPS) is 11.4. The van der Waals surface area contributed by atoms with Crippen LogP contribution in [-0.4, -0.2) is 49.2 Å². The second-order valence-corrected chi connectivity index (χ2v) is 7.64. The van der Waals surface area contributed by atoms with Crippen LogP contribution in [0.15, 0.2) is 65.9 Å². The monoisotopic (exact) mass is 422 g/mol. The summed E-state index contributed by atoms with van der Waals surface area (Å²) in [5.41, 5.74) is 8.19. The second-order valence-electron chi connectivity index (χ2n) is 7.64. The van der Waals surface area contributed by atoms with Crippen LogP contribution in [0.3, 0.4) is 0 Å². The van der Waals surface area contributed by atoms with Crippen molar-refractivity contribution in [3.8, 4) is 34.0 Å². The smallest absolute Gasteiger partial charge is 0.161 e. The summed E-state index contributed by atoms with van der Waals surface area (Å²) in [6, 6.07) is 9.74. The van der Waals surface area contributed by atoms with Gasteiger partial charge in [-0.05, 0) is 30.3 Å². The number of hydrogen-bond donors (Lipinski definition) is 2. The number of hydrogen-bond acceptors (Lipinski definition) is 7. The lowest BCUT2D eigenvalue weighted by atomic mass is 10.1. The highest BCUT2D eigenvalue weighted by Gasteiger charge is 2.17. The third kappa shape index (κ3) is 2.90. The summed E-state index contributed by atoms with van der Waals surface area (Å²) in [4.78, 5) is 23.9. The summed E-state index contributed by atoms with van der Waals surface area (Å²) >= 11 is 0. The Hall–Kier alpha value is -4.53. The Morgan fingerprint density at radius 1 is 0.906 bits per heavy atom. The molecule has 6 rings (SSSR count). The van der Waals surface area contributed by atoms with Crippen molar-refractivity contribution in [2.75, 3.05) is 19.0 Å². The number of rotatable bonds is 4. The van der Waals surface area contributed by atoms with E-state index in [1.54, 1.807) is 18.7 Å². The van der Waals surface area contributed by atoms with Crippen molar-refractivity contribution < 1.29 is 4.42 Å². The maximum absolute atomic E-state index is 5.22. The lowest BCUT2D eigenvalue weighted by molar-refractivity contribution is 0.568. The summed E-state index contributed by atoms with van der Waals surface area (Å²) < 4.78 is 5.22. The molecule has 6 heterocycles. The van der Waals surface area contributed by atoms with Gasteiger partial charge >= 0.3 is 0 Å². The van der Waals surface area contributed by atoms with E-state index in [9.17, 15) is 0 Å². The van der Waals surface area contributed by atoms with Crippen molar-refractivity contribution in [2.24, 2.45) is 0 Å². The fourth-order valence-electron chi connectivity index (χ4n) is 3.70. The van der Waals surface area contributed by atoms with Crippen molar-refractivity contribution in [3.05, 3.63) is 61.4 Å². The average molecular weight is 422 g/mol. The SMILES string of the molecule is CN(C)c1cncc(-c2ccc3[nH]nc(-c4nc5c(-c6ccoc6)nccc5[nH]4)c3n2)c1. The number of furan rings is 1. The van der Waals surface area contributed by atoms with Crippen LogP contribution in [0, 0.1) is 0 Å².